The van der Waals surface area contributed by atoms with Gasteiger partial charge in [0.25, 0.3) is 11.5 Å². The van der Waals surface area contributed by atoms with Gasteiger partial charge in [-0.25, -0.2) is 19.3 Å². The normalized spacial score (nSPS) is 12.3. The first kappa shape index (κ1) is 15.1. The van der Waals surface area contributed by atoms with Crippen molar-refractivity contribution in [2.24, 2.45) is 5.14 Å². The van der Waals surface area contributed by atoms with E-state index in [2.05, 4.69) is 20.3 Å². The molecular formula is C13H11N5O4S. The summed E-state index contributed by atoms with van der Waals surface area (Å²) in [5.74, 6) is -0.266. The molecule has 3 aromatic heterocycles. The lowest BCUT2D eigenvalue weighted by atomic mass is 10.2. The zero-order valence-corrected chi connectivity index (χ0v) is 12.6. The molecule has 0 fully saturated rings. The van der Waals surface area contributed by atoms with Gasteiger partial charge in [-0.3, -0.25) is 9.59 Å². The van der Waals surface area contributed by atoms with Gasteiger partial charge in [-0.1, -0.05) is 0 Å². The summed E-state index contributed by atoms with van der Waals surface area (Å²) in [5.41, 5.74) is 0.0755. The first-order valence-electron chi connectivity index (χ1n) is 6.37. The summed E-state index contributed by atoms with van der Waals surface area (Å²) < 4.78 is 16.4. The number of aromatic nitrogens is 3. The summed E-state index contributed by atoms with van der Waals surface area (Å²) in [6.45, 7) is 1.56. The second-order valence-corrected chi connectivity index (χ2v) is 5.59. The number of fused-ring (bicyclic) bond motifs is 1. The Kier molecular flexibility index (Phi) is 3.76. The molecule has 0 radical (unpaired) electrons. The van der Waals surface area contributed by atoms with Gasteiger partial charge in [0.1, 0.15) is 27.2 Å². The van der Waals surface area contributed by atoms with E-state index in [1.807, 2.05) is 0 Å². The van der Waals surface area contributed by atoms with Crippen LogP contribution in [0.2, 0.25) is 0 Å². The number of aromatic amines is 1. The lowest BCUT2D eigenvalue weighted by Gasteiger charge is -2.04. The number of aryl methyl sites for hydroxylation is 1. The molecule has 0 saturated carbocycles. The number of carbonyl (C=O) groups excluding carboxylic acids is 1. The molecule has 3 heterocycles. The first-order valence-corrected chi connectivity index (χ1v) is 7.59. The van der Waals surface area contributed by atoms with E-state index < -0.39 is 22.5 Å². The highest BCUT2D eigenvalue weighted by molar-refractivity contribution is 7.82. The van der Waals surface area contributed by atoms with E-state index in [1.165, 1.54) is 24.7 Å². The van der Waals surface area contributed by atoms with E-state index in [9.17, 15) is 13.8 Å². The van der Waals surface area contributed by atoms with Crippen LogP contribution in [0.15, 0.2) is 38.9 Å². The molecular weight excluding hydrogens is 322 g/mol. The molecule has 0 aliphatic rings. The predicted octanol–water partition coefficient (Wildman–Crippen LogP) is 0.453. The van der Waals surface area contributed by atoms with Crippen LogP contribution < -0.4 is 16.0 Å². The monoisotopic (exact) mass is 333 g/mol. The van der Waals surface area contributed by atoms with E-state index in [4.69, 9.17) is 9.56 Å². The lowest BCUT2D eigenvalue weighted by Crippen LogP contribution is -2.16. The van der Waals surface area contributed by atoms with Crippen molar-refractivity contribution < 1.29 is 13.4 Å². The van der Waals surface area contributed by atoms with Crippen LogP contribution in [0.25, 0.3) is 11.1 Å². The first-order chi connectivity index (χ1) is 11.0. The summed E-state index contributed by atoms with van der Waals surface area (Å²) >= 11 is 0. The van der Waals surface area contributed by atoms with Crippen molar-refractivity contribution in [1.29, 1.82) is 0 Å². The Morgan fingerprint density at radius 1 is 1.39 bits per heavy atom. The number of pyridine rings is 1. The second-order valence-electron chi connectivity index (χ2n) is 4.58. The summed E-state index contributed by atoms with van der Waals surface area (Å²) in [6, 6.07) is 2.94. The fraction of sp³-hybridized carbons (Fsp3) is 0.0769. The topological polar surface area (TPSA) is 144 Å². The van der Waals surface area contributed by atoms with Crippen LogP contribution in [0.3, 0.4) is 0 Å². The van der Waals surface area contributed by atoms with Gasteiger partial charge in [0, 0.05) is 0 Å². The molecule has 3 rings (SSSR count). The zero-order valence-electron chi connectivity index (χ0n) is 11.8. The summed E-state index contributed by atoms with van der Waals surface area (Å²) in [5, 5.41) is 8.06. The zero-order chi connectivity index (χ0) is 16.6. The third kappa shape index (κ3) is 2.76. The highest BCUT2D eigenvalue weighted by atomic mass is 32.2. The van der Waals surface area contributed by atoms with Crippen LogP contribution in [0, 0.1) is 6.92 Å². The van der Waals surface area contributed by atoms with Gasteiger partial charge in [0.15, 0.2) is 0 Å². The Labute approximate surface area is 131 Å². The molecule has 0 aromatic carbocycles. The van der Waals surface area contributed by atoms with Crippen LogP contribution in [0.1, 0.15) is 16.1 Å². The van der Waals surface area contributed by atoms with E-state index in [1.54, 1.807) is 6.92 Å². The maximum Gasteiger partial charge on any atom is 0.262 e. The van der Waals surface area contributed by atoms with Crippen molar-refractivity contribution >= 4 is 33.7 Å². The summed E-state index contributed by atoms with van der Waals surface area (Å²) in [6.07, 6.45) is 2.52. The van der Waals surface area contributed by atoms with Gasteiger partial charge >= 0.3 is 0 Å². The molecule has 0 spiro atoms. The molecule has 0 aliphatic heterocycles. The Morgan fingerprint density at radius 2 is 2.17 bits per heavy atom. The molecule has 1 unspecified atom stereocenters. The van der Waals surface area contributed by atoms with Crippen molar-refractivity contribution in [2.45, 2.75) is 11.9 Å². The molecule has 4 N–H and O–H groups in total. The Hall–Kier alpha value is -2.85. The SMILES string of the molecule is Cc1oc2nc[nH]c(=O)c2c1C(=O)Nc1ccc(S(N)=O)nc1. The van der Waals surface area contributed by atoms with Crippen LogP contribution in [0.4, 0.5) is 5.69 Å². The highest BCUT2D eigenvalue weighted by Gasteiger charge is 2.21. The smallest absolute Gasteiger partial charge is 0.262 e. The molecule has 3 aromatic rings. The molecule has 9 nitrogen and oxygen atoms in total. The van der Waals surface area contributed by atoms with Gasteiger partial charge in [0.2, 0.25) is 5.71 Å². The van der Waals surface area contributed by atoms with Crippen LogP contribution in [-0.2, 0) is 11.0 Å². The minimum atomic E-state index is -1.70. The van der Waals surface area contributed by atoms with E-state index in [0.29, 0.717) is 5.69 Å². The van der Waals surface area contributed by atoms with Gasteiger partial charge in [-0.15, -0.1) is 0 Å². The standard InChI is InChI=1S/C13H11N5O4S/c1-6-9(10-11(19)16-5-17-13(10)22-6)12(20)18-7-2-3-8(15-4-7)23(14)21/h2-5H,14H2,1H3,(H,18,20)(H,16,17,19). The van der Waals surface area contributed by atoms with Crippen molar-refractivity contribution in [3.63, 3.8) is 0 Å². The number of nitrogens with one attached hydrogen (secondary N) is 2. The summed E-state index contributed by atoms with van der Waals surface area (Å²) in [4.78, 5) is 34.5. The molecule has 0 aliphatic carbocycles. The minimum absolute atomic E-state index is 0.0788. The minimum Gasteiger partial charge on any atom is -0.442 e. The Morgan fingerprint density at radius 3 is 2.83 bits per heavy atom. The van der Waals surface area contributed by atoms with Gasteiger partial charge in [-0.05, 0) is 19.1 Å². The second kappa shape index (κ2) is 5.74. The molecule has 23 heavy (non-hydrogen) atoms. The average Bonchev–Trinajstić information content (AvgIpc) is 2.85. The van der Waals surface area contributed by atoms with E-state index in [0.717, 1.165) is 0 Å². The maximum absolute atomic E-state index is 12.4. The van der Waals surface area contributed by atoms with E-state index in [-0.39, 0.29) is 27.4 Å². The third-order valence-corrected chi connectivity index (χ3v) is 3.75. The van der Waals surface area contributed by atoms with Crippen molar-refractivity contribution in [1.82, 2.24) is 15.0 Å². The number of anilines is 1. The maximum atomic E-state index is 12.4. The quantitative estimate of drug-likeness (QED) is 0.635. The van der Waals surface area contributed by atoms with Crippen LogP contribution in [0.5, 0.6) is 0 Å². The Balaban J connectivity index is 1.96. The number of hydrogen-bond acceptors (Lipinski definition) is 6. The number of H-pyrrole nitrogens is 1. The van der Waals surface area contributed by atoms with Crippen LogP contribution in [-0.4, -0.2) is 25.1 Å². The fourth-order valence-electron chi connectivity index (χ4n) is 2.09. The Bertz CT molecular complexity index is 976. The van der Waals surface area contributed by atoms with Crippen LogP contribution >= 0.6 is 0 Å². The average molecular weight is 333 g/mol. The number of furan rings is 1. The fourth-order valence-corrected chi connectivity index (χ4v) is 2.45. The largest absolute Gasteiger partial charge is 0.442 e. The molecule has 0 saturated heterocycles. The number of hydrogen-bond donors (Lipinski definition) is 3. The molecule has 1 amide bonds. The number of carbonyl (C=O) groups is 1. The third-order valence-electron chi connectivity index (χ3n) is 3.10. The highest BCUT2D eigenvalue weighted by Crippen LogP contribution is 2.21. The molecule has 1 atom stereocenters. The molecule has 0 bridgehead atoms. The predicted molar refractivity (Wildman–Crippen MR) is 82.2 cm³/mol. The molecule has 118 valence electrons. The van der Waals surface area contributed by atoms with Crippen molar-refractivity contribution in [2.75, 3.05) is 5.32 Å². The number of rotatable bonds is 3. The lowest BCUT2D eigenvalue weighted by molar-refractivity contribution is 0.102. The van der Waals surface area contributed by atoms with Crippen molar-refractivity contribution in [3.05, 3.63) is 46.3 Å². The number of amides is 1. The summed E-state index contributed by atoms with van der Waals surface area (Å²) in [7, 11) is -1.70. The van der Waals surface area contributed by atoms with Crippen molar-refractivity contribution in [3.8, 4) is 0 Å². The number of nitrogens with two attached hydrogens (primary N) is 1. The molecule has 10 heteroatoms. The van der Waals surface area contributed by atoms with E-state index >= 15 is 0 Å². The van der Waals surface area contributed by atoms with Gasteiger partial charge in [0.05, 0.1) is 23.8 Å². The number of nitrogens with zero attached hydrogens (tertiary/aromatic N) is 2. The van der Waals surface area contributed by atoms with Gasteiger partial charge < -0.3 is 14.7 Å². The van der Waals surface area contributed by atoms with Gasteiger partial charge in [-0.2, -0.15) is 0 Å².